The van der Waals surface area contributed by atoms with Gasteiger partial charge in [-0.05, 0) is 32.7 Å². The number of nitrogens with two attached hydrogens (primary N) is 1. The van der Waals surface area contributed by atoms with Crippen molar-refractivity contribution in [3.8, 4) is 0 Å². The van der Waals surface area contributed by atoms with Crippen LogP contribution in [-0.2, 0) is 4.79 Å². The summed E-state index contributed by atoms with van der Waals surface area (Å²) in [4.78, 5) is 14.3. The molecule has 0 aromatic rings. The zero-order valence-corrected chi connectivity index (χ0v) is 12.2. The first-order chi connectivity index (χ1) is 8.53. The van der Waals surface area contributed by atoms with Gasteiger partial charge < -0.3 is 16.0 Å². The van der Waals surface area contributed by atoms with E-state index in [2.05, 4.69) is 17.3 Å². The minimum atomic E-state index is -0.689. The van der Waals surface area contributed by atoms with E-state index < -0.39 is 5.54 Å². The third-order valence-electron chi connectivity index (χ3n) is 4.41. The predicted molar refractivity (Wildman–Crippen MR) is 75.4 cm³/mol. The van der Waals surface area contributed by atoms with E-state index in [1.807, 2.05) is 13.8 Å². The maximum Gasteiger partial charge on any atom is 0.240 e. The monoisotopic (exact) mass is 255 g/mol. The summed E-state index contributed by atoms with van der Waals surface area (Å²) >= 11 is 0. The molecule has 0 aliphatic heterocycles. The van der Waals surface area contributed by atoms with Crippen LogP contribution >= 0.6 is 0 Å². The molecule has 1 aliphatic carbocycles. The Morgan fingerprint density at radius 2 is 1.89 bits per heavy atom. The molecule has 0 bridgehead atoms. The Balaban J connectivity index is 2.26. The van der Waals surface area contributed by atoms with Gasteiger partial charge in [-0.3, -0.25) is 4.79 Å². The molecular weight excluding hydrogens is 226 g/mol. The SMILES string of the molecule is CCC(N)(CC)C(=O)NCCN(C)C1CCCC1. The van der Waals surface area contributed by atoms with E-state index in [0.29, 0.717) is 25.4 Å². The molecule has 1 rings (SSSR count). The van der Waals surface area contributed by atoms with E-state index in [4.69, 9.17) is 5.73 Å². The van der Waals surface area contributed by atoms with Gasteiger partial charge in [-0.2, -0.15) is 0 Å². The summed E-state index contributed by atoms with van der Waals surface area (Å²) in [6.45, 7) is 5.55. The van der Waals surface area contributed by atoms with E-state index in [9.17, 15) is 4.79 Å². The number of likely N-dealkylation sites (N-methyl/N-ethyl adjacent to an activating group) is 1. The van der Waals surface area contributed by atoms with Crippen molar-refractivity contribution in [2.75, 3.05) is 20.1 Å². The van der Waals surface area contributed by atoms with Gasteiger partial charge in [0.05, 0.1) is 5.54 Å². The first kappa shape index (κ1) is 15.4. The van der Waals surface area contributed by atoms with Crippen molar-refractivity contribution in [1.82, 2.24) is 10.2 Å². The Hall–Kier alpha value is -0.610. The van der Waals surface area contributed by atoms with Crippen LogP contribution in [0.4, 0.5) is 0 Å². The average Bonchev–Trinajstić information content (AvgIpc) is 2.91. The molecule has 4 nitrogen and oxygen atoms in total. The predicted octanol–water partition coefficient (Wildman–Crippen LogP) is 1.49. The molecular formula is C14H29N3O. The highest BCUT2D eigenvalue weighted by molar-refractivity contribution is 5.85. The third-order valence-corrected chi connectivity index (χ3v) is 4.41. The van der Waals surface area contributed by atoms with Crippen molar-refractivity contribution in [2.45, 2.75) is 64.0 Å². The Kier molecular flexibility index (Phi) is 6.09. The number of nitrogens with one attached hydrogen (secondary N) is 1. The van der Waals surface area contributed by atoms with Crippen LogP contribution in [0.5, 0.6) is 0 Å². The number of amides is 1. The Bertz CT molecular complexity index is 258. The van der Waals surface area contributed by atoms with Crippen LogP contribution in [0.25, 0.3) is 0 Å². The molecule has 1 saturated carbocycles. The lowest BCUT2D eigenvalue weighted by Gasteiger charge is -2.27. The highest BCUT2D eigenvalue weighted by atomic mass is 16.2. The van der Waals surface area contributed by atoms with E-state index in [-0.39, 0.29) is 5.91 Å². The minimum absolute atomic E-state index is 0.00711. The van der Waals surface area contributed by atoms with Gasteiger partial charge in [0.2, 0.25) is 5.91 Å². The van der Waals surface area contributed by atoms with Gasteiger partial charge >= 0.3 is 0 Å². The first-order valence-corrected chi connectivity index (χ1v) is 7.31. The van der Waals surface area contributed by atoms with Crippen molar-refractivity contribution in [3.05, 3.63) is 0 Å². The molecule has 1 amide bonds. The molecule has 3 N–H and O–H groups in total. The van der Waals surface area contributed by atoms with Crippen molar-refractivity contribution in [3.63, 3.8) is 0 Å². The summed E-state index contributed by atoms with van der Waals surface area (Å²) in [6.07, 6.45) is 6.67. The van der Waals surface area contributed by atoms with Crippen LogP contribution in [0.1, 0.15) is 52.4 Å². The standard InChI is InChI=1S/C14H29N3O/c1-4-14(15,5-2)13(18)16-10-11-17(3)12-8-6-7-9-12/h12H,4-11,15H2,1-3H3,(H,16,18). The second-order valence-corrected chi connectivity index (χ2v) is 5.54. The summed E-state index contributed by atoms with van der Waals surface area (Å²) in [7, 11) is 2.15. The molecule has 0 atom stereocenters. The van der Waals surface area contributed by atoms with Crippen molar-refractivity contribution in [2.24, 2.45) is 5.73 Å². The first-order valence-electron chi connectivity index (χ1n) is 7.31. The van der Waals surface area contributed by atoms with E-state index >= 15 is 0 Å². The molecule has 0 radical (unpaired) electrons. The molecule has 4 heteroatoms. The van der Waals surface area contributed by atoms with Crippen LogP contribution in [-0.4, -0.2) is 42.5 Å². The van der Waals surface area contributed by atoms with Gasteiger partial charge in [0.15, 0.2) is 0 Å². The molecule has 1 aliphatic rings. The van der Waals surface area contributed by atoms with Gasteiger partial charge in [0.25, 0.3) is 0 Å². The summed E-state index contributed by atoms with van der Waals surface area (Å²) in [5.41, 5.74) is 5.36. The topological polar surface area (TPSA) is 58.4 Å². The van der Waals surface area contributed by atoms with Gasteiger partial charge in [-0.15, -0.1) is 0 Å². The van der Waals surface area contributed by atoms with Crippen LogP contribution in [0.15, 0.2) is 0 Å². The van der Waals surface area contributed by atoms with E-state index in [1.165, 1.54) is 25.7 Å². The lowest BCUT2D eigenvalue weighted by atomic mass is 9.93. The van der Waals surface area contributed by atoms with Gasteiger partial charge in [-0.25, -0.2) is 0 Å². The Labute approximate surface area is 111 Å². The smallest absolute Gasteiger partial charge is 0.240 e. The van der Waals surface area contributed by atoms with Crippen LogP contribution in [0.2, 0.25) is 0 Å². The summed E-state index contributed by atoms with van der Waals surface area (Å²) < 4.78 is 0. The number of nitrogens with zero attached hydrogens (tertiary/aromatic N) is 1. The van der Waals surface area contributed by atoms with Crippen LogP contribution in [0.3, 0.4) is 0 Å². The zero-order chi connectivity index (χ0) is 13.6. The fourth-order valence-electron chi connectivity index (χ4n) is 2.62. The van der Waals surface area contributed by atoms with E-state index in [0.717, 1.165) is 6.54 Å². The van der Waals surface area contributed by atoms with Gasteiger partial charge in [0, 0.05) is 19.1 Å². The zero-order valence-electron chi connectivity index (χ0n) is 12.2. The normalized spacial score (nSPS) is 17.4. The molecule has 0 aromatic heterocycles. The van der Waals surface area contributed by atoms with Crippen molar-refractivity contribution < 1.29 is 4.79 Å². The second-order valence-electron chi connectivity index (χ2n) is 5.54. The maximum atomic E-state index is 12.0. The number of carbonyl (C=O) groups is 1. The number of rotatable bonds is 7. The molecule has 0 aromatic carbocycles. The maximum absolute atomic E-state index is 12.0. The highest BCUT2D eigenvalue weighted by Crippen LogP contribution is 2.21. The molecule has 106 valence electrons. The third kappa shape index (κ3) is 3.95. The van der Waals surface area contributed by atoms with Crippen LogP contribution < -0.4 is 11.1 Å². The quantitative estimate of drug-likeness (QED) is 0.725. The second kappa shape index (κ2) is 7.10. The van der Waals surface area contributed by atoms with E-state index in [1.54, 1.807) is 0 Å². The number of hydrogen-bond acceptors (Lipinski definition) is 3. The summed E-state index contributed by atoms with van der Waals surface area (Å²) in [5, 5.41) is 2.97. The van der Waals surface area contributed by atoms with Gasteiger partial charge in [-0.1, -0.05) is 26.7 Å². The number of hydrogen-bond donors (Lipinski definition) is 2. The lowest BCUT2D eigenvalue weighted by molar-refractivity contribution is -0.126. The van der Waals surface area contributed by atoms with Crippen molar-refractivity contribution >= 4 is 5.91 Å². The Morgan fingerprint density at radius 3 is 2.39 bits per heavy atom. The number of carbonyl (C=O) groups excluding carboxylic acids is 1. The molecule has 18 heavy (non-hydrogen) atoms. The lowest BCUT2D eigenvalue weighted by Crippen LogP contribution is -2.54. The summed E-state index contributed by atoms with van der Waals surface area (Å²) in [6, 6.07) is 0.710. The highest BCUT2D eigenvalue weighted by Gasteiger charge is 2.29. The fraction of sp³-hybridized carbons (Fsp3) is 0.929. The molecule has 0 heterocycles. The largest absolute Gasteiger partial charge is 0.353 e. The minimum Gasteiger partial charge on any atom is -0.353 e. The van der Waals surface area contributed by atoms with Crippen LogP contribution in [0, 0.1) is 0 Å². The molecule has 0 saturated heterocycles. The van der Waals surface area contributed by atoms with Crippen molar-refractivity contribution in [1.29, 1.82) is 0 Å². The summed E-state index contributed by atoms with van der Waals surface area (Å²) in [5.74, 6) is -0.00711. The average molecular weight is 255 g/mol. The molecule has 0 unspecified atom stereocenters. The fourth-order valence-corrected chi connectivity index (χ4v) is 2.62. The molecule has 1 fully saturated rings. The molecule has 0 spiro atoms. The Morgan fingerprint density at radius 1 is 1.33 bits per heavy atom. The van der Waals surface area contributed by atoms with Gasteiger partial charge in [0.1, 0.15) is 0 Å².